The van der Waals surface area contributed by atoms with Crippen LogP contribution in [0.15, 0.2) is 59.6 Å². The van der Waals surface area contributed by atoms with E-state index in [1.165, 1.54) is 0 Å². The molecule has 2 aromatic carbocycles. The predicted molar refractivity (Wildman–Crippen MR) is 87.4 cm³/mol. The average Bonchev–Trinajstić information content (AvgIpc) is 2.50. The maximum absolute atomic E-state index is 12.6. The van der Waals surface area contributed by atoms with Crippen molar-refractivity contribution in [1.29, 1.82) is 0 Å². The van der Waals surface area contributed by atoms with Crippen LogP contribution in [0.1, 0.15) is 11.1 Å². The zero-order valence-electron chi connectivity index (χ0n) is 11.7. The standard InChI is InChI=1S/C17H16N2OS/c1-12-5-2-9-15(16(12)18)21(20)11-14-7-3-6-13-8-4-10-19-17(13)14/h2-10H,11,18H2,1H3. The number of anilines is 1. The number of nitrogen functional groups attached to an aromatic ring is 1. The largest absolute Gasteiger partial charge is 0.398 e. The van der Waals surface area contributed by atoms with E-state index in [0.29, 0.717) is 16.3 Å². The van der Waals surface area contributed by atoms with Crippen LogP contribution in [0.25, 0.3) is 10.9 Å². The molecule has 106 valence electrons. The Morgan fingerprint density at radius 3 is 2.71 bits per heavy atom. The van der Waals surface area contributed by atoms with Crippen LogP contribution in [-0.4, -0.2) is 9.19 Å². The highest BCUT2D eigenvalue weighted by atomic mass is 32.2. The van der Waals surface area contributed by atoms with Crippen molar-refractivity contribution in [2.75, 3.05) is 5.73 Å². The Hall–Kier alpha value is -2.20. The molecule has 1 unspecified atom stereocenters. The molecule has 3 nitrogen and oxygen atoms in total. The molecule has 0 bridgehead atoms. The smallest absolute Gasteiger partial charge is 0.0743 e. The molecule has 1 atom stereocenters. The van der Waals surface area contributed by atoms with Gasteiger partial charge in [-0.25, -0.2) is 0 Å². The lowest BCUT2D eigenvalue weighted by Crippen LogP contribution is -2.03. The normalized spacial score (nSPS) is 12.4. The molecule has 2 N–H and O–H groups in total. The van der Waals surface area contributed by atoms with Gasteiger partial charge in [-0.15, -0.1) is 0 Å². The molecule has 0 fully saturated rings. The molecule has 0 aliphatic heterocycles. The molecule has 0 radical (unpaired) electrons. The SMILES string of the molecule is Cc1cccc(S(=O)Cc2cccc3cccnc23)c1N. The molecule has 0 aliphatic rings. The molecule has 0 saturated carbocycles. The monoisotopic (exact) mass is 296 g/mol. The van der Waals surface area contributed by atoms with Crippen LogP contribution in [0.3, 0.4) is 0 Å². The summed E-state index contributed by atoms with van der Waals surface area (Å²) in [6, 6.07) is 15.5. The van der Waals surface area contributed by atoms with Crippen LogP contribution in [0.2, 0.25) is 0 Å². The van der Waals surface area contributed by atoms with E-state index < -0.39 is 10.8 Å². The molecular weight excluding hydrogens is 280 g/mol. The third-order valence-corrected chi connectivity index (χ3v) is 4.95. The second-order valence-corrected chi connectivity index (χ2v) is 6.39. The van der Waals surface area contributed by atoms with Crippen molar-refractivity contribution in [3.63, 3.8) is 0 Å². The number of pyridine rings is 1. The number of nitrogens with zero attached hydrogens (tertiary/aromatic N) is 1. The average molecular weight is 296 g/mol. The van der Waals surface area contributed by atoms with E-state index in [9.17, 15) is 4.21 Å². The van der Waals surface area contributed by atoms with E-state index >= 15 is 0 Å². The lowest BCUT2D eigenvalue weighted by molar-refractivity contribution is 0.683. The second kappa shape index (κ2) is 5.66. The Morgan fingerprint density at radius 2 is 1.86 bits per heavy atom. The minimum atomic E-state index is -1.18. The summed E-state index contributed by atoms with van der Waals surface area (Å²) in [5.41, 5.74) is 9.49. The first-order valence-corrected chi connectivity index (χ1v) is 8.05. The van der Waals surface area contributed by atoms with Crippen LogP contribution < -0.4 is 5.73 Å². The third-order valence-electron chi connectivity index (χ3n) is 3.53. The van der Waals surface area contributed by atoms with Gasteiger partial charge in [0.15, 0.2) is 0 Å². The molecule has 4 heteroatoms. The number of para-hydroxylation sites is 2. The summed E-state index contributed by atoms with van der Waals surface area (Å²) in [7, 11) is -1.18. The van der Waals surface area contributed by atoms with Gasteiger partial charge in [0, 0.05) is 11.6 Å². The van der Waals surface area contributed by atoms with Gasteiger partial charge < -0.3 is 5.73 Å². The fourth-order valence-corrected chi connectivity index (χ4v) is 3.66. The van der Waals surface area contributed by atoms with Crippen molar-refractivity contribution in [3.8, 4) is 0 Å². The first-order chi connectivity index (χ1) is 10.2. The van der Waals surface area contributed by atoms with Gasteiger partial charge in [0.25, 0.3) is 0 Å². The third kappa shape index (κ3) is 2.67. The molecule has 1 heterocycles. The van der Waals surface area contributed by atoms with Crippen LogP contribution >= 0.6 is 0 Å². The Balaban J connectivity index is 1.99. The fraction of sp³-hybridized carbons (Fsp3) is 0.118. The van der Waals surface area contributed by atoms with Crippen molar-refractivity contribution in [3.05, 3.63) is 65.9 Å². The van der Waals surface area contributed by atoms with Crippen LogP contribution in [0, 0.1) is 6.92 Å². The lowest BCUT2D eigenvalue weighted by atomic mass is 10.1. The van der Waals surface area contributed by atoms with Gasteiger partial charge in [-0.3, -0.25) is 9.19 Å². The zero-order chi connectivity index (χ0) is 14.8. The summed E-state index contributed by atoms with van der Waals surface area (Å²) in [5.74, 6) is 0.419. The molecule has 3 aromatic rings. The van der Waals surface area contributed by atoms with Crippen LogP contribution in [0.5, 0.6) is 0 Å². The first kappa shape index (κ1) is 13.8. The quantitative estimate of drug-likeness (QED) is 0.753. The second-order valence-electron chi connectivity index (χ2n) is 4.97. The van der Waals surface area contributed by atoms with E-state index in [-0.39, 0.29) is 0 Å². The van der Waals surface area contributed by atoms with Crippen molar-refractivity contribution < 1.29 is 4.21 Å². The van der Waals surface area contributed by atoms with Gasteiger partial charge in [0.2, 0.25) is 0 Å². The molecule has 0 spiro atoms. The summed E-state index contributed by atoms with van der Waals surface area (Å²) < 4.78 is 12.6. The van der Waals surface area contributed by atoms with E-state index in [0.717, 1.165) is 22.0 Å². The fourth-order valence-electron chi connectivity index (χ4n) is 2.36. The van der Waals surface area contributed by atoms with Gasteiger partial charge in [-0.05, 0) is 30.2 Å². The number of rotatable bonds is 3. The number of aromatic nitrogens is 1. The van der Waals surface area contributed by atoms with Gasteiger partial charge in [-0.1, -0.05) is 36.4 Å². The zero-order valence-corrected chi connectivity index (χ0v) is 12.6. The van der Waals surface area contributed by atoms with Gasteiger partial charge in [0.1, 0.15) is 0 Å². The summed E-state index contributed by atoms with van der Waals surface area (Å²) in [6.07, 6.45) is 1.76. The number of aryl methyl sites for hydroxylation is 1. The van der Waals surface area contributed by atoms with Gasteiger partial charge >= 0.3 is 0 Å². The Kier molecular flexibility index (Phi) is 3.71. The van der Waals surface area contributed by atoms with E-state index in [1.54, 1.807) is 6.20 Å². The summed E-state index contributed by atoms with van der Waals surface area (Å²) >= 11 is 0. The molecule has 0 amide bonds. The molecule has 0 aliphatic carbocycles. The molecular formula is C17H16N2OS. The number of benzene rings is 2. The summed E-state index contributed by atoms with van der Waals surface area (Å²) in [5, 5.41) is 1.06. The maximum Gasteiger partial charge on any atom is 0.0743 e. The minimum Gasteiger partial charge on any atom is -0.398 e. The number of nitrogens with two attached hydrogens (primary N) is 1. The van der Waals surface area contributed by atoms with Gasteiger partial charge in [0.05, 0.1) is 32.7 Å². The molecule has 21 heavy (non-hydrogen) atoms. The first-order valence-electron chi connectivity index (χ1n) is 6.73. The molecule has 0 saturated heterocycles. The number of fused-ring (bicyclic) bond motifs is 1. The highest BCUT2D eigenvalue weighted by molar-refractivity contribution is 7.84. The van der Waals surface area contributed by atoms with Crippen molar-refractivity contribution in [2.45, 2.75) is 17.6 Å². The molecule has 3 rings (SSSR count). The summed E-state index contributed by atoms with van der Waals surface area (Å²) in [6.45, 7) is 1.93. The Labute approximate surface area is 126 Å². The van der Waals surface area contributed by atoms with E-state index in [1.807, 2.05) is 55.5 Å². The van der Waals surface area contributed by atoms with E-state index in [2.05, 4.69) is 4.98 Å². The lowest BCUT2D eigenvalue weighted by Gasteiger charge is -2.09. The Morgan fingerprint density at radius 1 is 1.10 bits per heavy atom. The predicted octanol–water partition coefficient (Wildman–Crippen LogP) is 3.43. The van der Waals surface area contributed by atoms with Crippen molar-refractivity contribution in [1.82, 2.24) is 4.98 Å². The highest BCUT2D eigenvalue weighted by Crippen LogP contribution is 2.24. The Bertz CT molecular complexity index is 825. The highest BCUT2D eigenvalue weighted by Gasteiger charge is 2.12. The van der Waals surface area contributed by atoms with Gasteiger partial charge in [-0.2, -0.15) is 0 Å². The van der Waals surface area contributed by atoms with Crippen LogP contribution in [-0.2, 0) is 16.6 Å². The van der Waals surface area contributed by atoms with E-state index in [4.69, 9.17) is 5.73 Å². The van der Waals surface area contributed by atoms with Crippen molar-refractivity contribution in [2.24, 2.45) is 0 Å². The number of hydrogen-bond acceptors (Lipinski definition) is 3. The van der Waals surface area contributed by atoms with Crippen LogP contribution in [0.4, 0.5) is 5.69 Å². The maximum atomic E-state index is 12.6. The minimum absolute atomic E-state index is 0.419. The topological polar surface area (TPSA) is 56.0 Å². The van der Waals surface area contributed by atoms with Crippen molar-refractivity contribution >= 4 is 27.4 Å². The summed E-state index contributed by atoms with van der Waals surface area (Å²) in [4.78, 5) is 5.10. The number of hydrogen-bond donors (Lipinski definition) is 1. The molecule has 1 aromatic heterocycles.